The summed E-state index contributed by atoms with van der Waals surface area (Å²) in [5, 5.41) is 0. The summed E-state index contributed by atoms with van der Waals surface area (Å²) in [5.74, 6) is 5.77. The Hall–Kier alpha value is -0.540. The molecule has 0 bridgehead atoms. The number of nitrogens with zero attached hydrogens (tertiary/aromatic N) is 1. The maximum Gasteiger partial charge on any atom is 0.0681 e. The monoisotopic (exact) mass is 170 g/mol. The van der Waals surface area contributed by atoms with Crippen LogP contribution in [0, 0.1) is 5.92 Å². The summed E-state index contributed by atoms with van der Waals surface area (Å²) in [6.07, 6.45) is 5.52. The number of hydrogen-bond donors (Lipinski definition) is 1. The van der Waals surface area contributed by atoms with Crippen molar-refractivity contribution in [2.75, 3.05) is 19.7 Å². The Morgan fingerprint density at radius 2 is 2.17 bits per heavy atom. The van der Waals surface area contributed by atoms with E-state index in [0.29, 0.717) is 6.61 Å². The van der Waals surface area contributed by atoms with Gasteiger partial charge in [-0.1, -0.05) is 6.58 Å². The van der Waals surface area contributed by atoms with Gasteiger partial charge in [0, 0.05) is 13.1 Å². The van der Waals surface area contributed by atoms with Crippen molar-refractivity contribution in [3.63, 3.8) is 0 Å². The van der Waals surface area contributed by atoms with Gasteiger partial charge in [-0.3, -0.25) is 0 Å². The van der Waals surface area contributed by atoms with Crippen molar-refractivity contribution in [3.05, 3.63) is 12.8 Å². The molecule has 1 heterocycles. The zero-order valence-corrected chi connectivity index (χ0v) is 7.54. The molecule has 0 unspecified atom stereocenters. The lowest BCUT2D eigenvalue weighted by Crippen LogP contribution is -2.29. The zero-order valence-electron chi connectivity index (χ0n) is 7.54. The molecular weight excluding hydrogens is 152 g/mol. The molecule has 0 amide bonds. The Balaban J connectivity index is 2.12. The minimum absolute atomic E-state index is 0.693. The summed E-state index contributed by atoms with van der Waals surface area (Å²) in [4.78, 5) is 6.83. The first-order valence-electron chi connectivity index (χ1n) is 4.55. The van der Waals surface area contributed by atoms with Gasteiger partial charge in [0.2, 0.25) is 0 Å². The highest BCUT2D eigenvalue weighted by Crippen LogP contribution is 2.19. The topological polar surface area (TPSA) is 38.5 Å². The molecule has 0 aliphatic carbocycles. The Bertz CT molecular complexity index is 130. The molecule has 0 saturated carbocycles. The minimum atomic E-state index is 0.693. The number of nitrogens with two attached hydrogens (primary N) is 1. The molecule has 12 heavy (non-hydrogen) atoms. The van der Waals surface area contributed by atoms with Crippen LogP contribution in [0.3, 0.4) is 0 Å². The van der Waals surface area contributed by atoms with E-state index in [1.54, 1.807) is 0 Å². The van der Waals surface area contributed by atoms with E-state index in [9.17, 15) is 0 Å². The molecule has 0 aromatic rings. The van der Waals surface area contributed by atoms with Crippen molar-refractivity contribution in [1.82, 2.24) is 4.90 Å². The van der Waals surface area contributed by atoms with Crippen LogP contribution >= 0.6 is 0 Å². The smallest absolute Gasteiger partial charge is 0.0681 e. The second-order valence-corrected chi connectivity index (χ2v) is 3.32. The predicted octanol–water partition coefficient (Wildman–Crippen LogP) is 1.12. The molecule has 3 nitrogen and oxygen atoms in total. The van der Waals surface area contributed by atoms with Crippen LogP contribution in [0.25, 0.3) is 0 Å². The van der Waals surface area contributed by atoms with E-state index < -0.39 is 0 Å². The summed E-state index contributed by atoms with van der Waals surface area (Å²) in [7, 11) is 0. The van der Waals surface area contributed by atoms with Crippen LogP contribution in [-0.2, 0) is 4.84 Å². The molecular formula is C9H18N2O. The van der Waals surface area contributed by atoms with Crippen molar-refractivity contribution in [2.45, 2.75) is 19.3 Å². The maximum absolute atomic E-state index is 4.97. The third-order valence-electron chi connectivity index (χ3n) is 2.55. The average Bonchev–Trinajstić information content (AvgIpc) is 2.15. The number of piperidine rings is 1. The molecule has 1 aliphatic heterocycles. The van der Waals surface area contributed by atoms with Crippen LogP contribution in [0.15, 0.2) is 12.8 Å². The first-order valence-corrected chi connectivity index (χ1v) is 4.55. The Morgan fingerprint density at radius 1 is 1.50 bits per heavy atom. The number of hydrogen-bond acceptors (Lipinski definition) is 3. The van der Waals surface area contributed by atoms with Gasteiger partial charge < -0.3 is 9.74 Å². The first kappa shape index (κ1) is 9.55. The van der Waals surface area contributed by atoms with Gasteiger partial charge in [-0.15, -0.1) is 0 Å². The van der Waals surface area contributed by atoms with Gasteiger partial charge in [-0.25, -0.2) is 5.90 Å². The maximum atomic E-state index is 4.97. The Morgan fingerprint density at radius 3 is 2.67 bits per heavy atom. The lowest BCUT2D eigenvalue weighted by atomic mass is 9.94. The number of rotatable bonds is 4. The van der Waals surface area contributed by atoms with E-state index in [2.05, 4.69) is 16.3 Å². The molecule has 0 aromatic heterocycles. The molecule has 70 valence electrons. The van der Waals surface area contributed by atoms with Crippen LogP contribution < -0.4 is 5.90 Å². The van der Waals surface area contributed by atoms with E-state index in [4.69, 9.17) is 5.90 Å². The summed E-state index contributed by atoms with van der Waals surface area (Å²) in [5.41, 5.74) is 0. The third-order valence-corrected chi connectivity index (χ3v) is 2.55. The molecule has 1 fully saturated rings. The third kappa shape index (κ3) is 2.83. The van der Waals surface area contributed by atoms with Crippen LogP contribution in [0.2, 0.25) is 0 Å². The van der Waals surface area contributed by atoms with E-state index in [1.165, 1.54) is 12.8 Å². The van der Waals surface area contributed by atoms with Crippen LogP contribution in [0.1, 0.15) is 19.3 Å². The molecule has 0 atom stereocenters. The number of likely N-dealkylation sites (tertiary alicyclic amines) is 1. The Kier molecular flexibility index (Phi) is 4.11. The molecule has 3 heteroatoms. The van der Waals surface area contributed by atoms with Gasteiger partial charge in [0.1, 0.15) is 0 Å². The van der Waals surface area contributed by atoms with Gasteiger partial charge in [0.25, 0.3) is 0 Å². The van der Waals surface area contributed by atoms with Gasteiger partial charge in [-0.05, 0) is 31.4 Å². The van der Waals surface area contributed by atoms with Crippen molar-refractivity contribution in [3.8, 4) is 0 Å². The van der Waals surface area contributed by atoms with Crippen molar-refractivity contribution < 1.29 is 4.84 Å². The quantitative estimate of drug-likeness (QED) is 0.643. The minimum Gasteiger partial charge on any atom is -0.378 e. The summed E-state index contributed by atoms with van der Waals surface area (Å²) in [6.45, 7) is 6.72. The Labute approximate surface area is 74.1 Å². The molecule has 1 saturated heterocycles. The zero-order chi connectivity index (χ0) is 8.81. The van der Waals surface area contributed by atoms with Crippen molar-refractivity contribution in [1.29, 1.82) is 0 Å². The molecule has 2 N–H and O–H groups in total. The normalized spacial score (nSPS) is 19.6. The first-order chi connectivity index (χ1) is 5.86. The lowest BCUT2D eigenvalue weighted by molar-refractivity contribution is 0.110. The van der Waals surface area contributed by atoms with E-state index in [0.717, 1.165) is 25.4 Å². The van der Waals surface area contributed by atoms with Crippen LogP contribution in [-0.4, -0.2) is 24.6 Å². The van der Waals surface area contributed by atoms with Crippen LogP contribution in [0.4, 0.5) is 0 Å². The lowest BCUT2D eigenvalue weighted by Gasteiger charge is -2.30. The van der Waals surface area contributed by atoms with E-state index in [-0.39, 0.29) is 0 Å². The fourth-order valence-electron chi connectivity index (χ4n) is 1.66. The second kappa shape index (κ2) is 5.17. The van der Waals surface area contributed by atoms with Gasteiger partial charge in [0.05, 0.1) is 6.61 Å². The SMILES string of the molecule is C=CN1CCC(CCON)CC1. The van der Waals surface area contributed by atoms with Gasteiger partial charge >= 0.3 is 0 Å². The second-order valence-electron chi connectivity index (χ2n) is 3.32. The summed E-state index contributed by atoms with van der Waals surface area (Å²) >= 11 is 0. The van der Waals surface area contributed by atoms with E-state index in [1.807, 2.05) is 6.20 Å². The van der Waals surface area contributed by atoms with Gasteiger partial charge in [0.15, 0.2) is 0 Å². The predicted molar refractivity (Wildman–Crippen MR) is 49.3 cm³/mol. The molecule has 0 spiro atoms. The van der Waals surface area contributed by atoms with Crippen molar-refractivity contribution in [2.24, 2.45) is 11.8 Å². The fraction of sp³-hybridized carbons (Fsp3) is 0.778. The average molecular weight is 170 g/mol. The summed E-state index contributed by atoms with van der Waals surface area (Å²) < 4.78 is 0. The van der Waals surface area contributed by atoms with E-state index >= 15 is 0 Å². The largest absolute Gasteiger partial charge is 0.378 e. The highest BCUT2D eigenvalue weighted by molar-refractivity contribution is 4.78. The van der Waals surface area contributed by atoms with Gasteiger partial charge in [-0.2, -0.15) is 0 Å². The molecule has 0 radical (unpaired) electrons. The molecule has 1 rings (SSSR count). The molecule has 0 aromatic carbocycles. The standard InChI is InChI=1S/C9H18N2O/c1-2-11-6-3-9(4-7-11)5-8-12-10/h2,9H,1,3-8,10H2. The summed E-state index contributed by atoms with van der Waals surface area (Å²) in [6, 6.07) is 0. The highest BCUT2D eigenvalue weighted by Gasteiger charge is 2.16. The van der Waals surface area contributed by atoms with Crippen LogP contribution in [0.5, 0.6) is 0 Å². The highest BCUT2D eigenvalue weighted by atomic mass is 16.6. The van der Waals surface area contributed by atoms with Crippen molar-refractivity contribution >= 4 is 0 Å². The fourth-order valence-corrected chi connectivity index (χ4v) is 1.66. The molecule has 1 aliphatic rings.